The number of carbonyl (C=O) groups is 2. The van der Waals surface area contributed by atoms with Crippen LogP contribution >= 0.6 is 0 Å². The molecule has 0 radical (unpaired) electrons. The van der Waals surface area contributed by atoms with Gasteiger partial charge in [0.05, 0.1) is 19.1 Å². The molecule has 4 nitrogen and oxygen atoms in total. The molecule has 0 aromatic carbocycles. The van der Waals surface area contributed by atoms with Crippen LogP contribution in [-0.4, -0.2) is 25.2 Å². The van der Waals surface area contributed by atoms with Gasteiger partial charge >= 0.3 is 11.9 Å². The van der Waals surface area contributed by atoms with Crippen molar-refractivity contribution in [3.63, 3.8) is 0 Å². The van der Waals surface area contributed by atoms with E-state index in [1.807, 2.05) is 20.8 Å². The van der Waals surface area contributed by atoms with E-state index in [0.29, 0.717) is 19.6 Å². The summed E-state index contributed by atoms with van der Waals surface area (Å²) in [5.74, 6) is -0.0439. The van der Waals surface area contributed by atoms with E-state index < -0.39 is 0 Å². The molecule has 27 heavy (non-hydrogen) atoms. The molecule has 0 aliphatic rings. The first-order chi connectivity index (χ1) is 13.1. The molecule has 0 bridgehead atoms. The number of carbonyl (C=O) groups excluding carboxylic acids is 2. The van der Waals surface area contributed by atoms with Gasteiger partial charge in [0.1, 0.15) is 0 Å². The van der Waals surface area contributed by atoms with Crippen molar-refractivity contribution in [1.29, 1.82) is 0 Å². The van der Waals surface area contributed by atoms with Crippen LogP contribution in [0.25, 0.3) is 0 Å². The minimum absolute atomic E-state index is 0.0449. The largest absolute Gasteiger partial charge is 0.466 e. The quantitative estimate of drug-likeness (QED) is 0.186. The van der Waals surface area contributed by atoms with Crippen molar-refractivity contribution in [3.8, 4) is 0 Å². The summed E-state index contributed by atoms with van der Waals surface area (Å²) in [5.41, 5.74) is 0. The fraction of sp³-hybridized carbons (Fsp3) is 0.913. The molecule has 0 spiro atoms. The van der Waals surface area contributed by atoms with E-state index in [-0.39, 0.29) is 17.9 Å². The Kier molecular flexibility index (Phi) is 18.9. The van der Waals surface area contributed by atoms with Gasteiger partial charge in [0.25, 0.3) is 0 Å². The Morgan fingerprint density at radius 3 is 1.48 bits per heavy atom. The van der Waals surface area contributed by atoms with Crippen LogP contribution in [0.4, 0.5) is 0 Å². The van der Waals surface area contributed by atoms with Gasteiger partial charge in [0, 0.05) is 6.42 Å². The third kappa shape index (κ3) is 18.1. The van der Waals surface area contributed by atoms with Gasteiger partial charge in [-0.05, 0) is 26.7 Å². The summed E-state index contributed by atoms with van der Waals surface area (Å²) < 4.78 is 9.96. The van der Waals surface area contributed by atoms with Gasteiger partial charge in [0.15, 0.2) is 0 Å². The second-order valence-corrected chi connectivity index (χ2v) is 7.59. The minimum Gasteiger partial charge on any atom is -0.466 e. The molecule has 0 rings (SSSR count). The first-order valence-electron chi connectivity index (χ1n) is 11.4. The van der Waals surface area contributed by atoms with Gasteiger partial charge < -0.3 is 9.47 Å². The van der Waals surface area contributed by atoms with Crippen LogP contribution in [0.2, 0.25) is 0 Å². The summed E-state index contributed by atoms with van der Waals surface area (Å²) in [5, 5.41) is 0. The normalized spacial score (nSPS) is 12.0. The maximum Gasteiger partial charge on any atom is 0.308 e. The number of hydrogen-bond acceptors (Lipinski definition) is 4. The zero-order valence-electron chi connectivity index (χ0n) is 18.2. The minimum atomic E-state index is -0.0500. The zero-order chi connectivity index (χ0) is 20.2. The number of unbranched alkanes of at least 4 members (excludes halogenated alkanes) is 12. The van der Waals surface area contributed by atoms with Crippen molar-refractivity contribution in [1.82, 2.24) is 0 Å². The van der Waals surface area contributed by atoms with E-state index in [0.717, 1.165) is 25.7 Å². The monoisotopic (exact) mass is 384 g/mol. The Balaban J connectivity index is 3.19. The molecule has 160 valence electrons. The highest BCUT2D eigenvalue weighted by Gasteiger charge is 2.12. The molecule has 0 N–H and O–H groups in total. The van der Waals surface area contributed by atoms with Gasteiger partial charge in [0.2, 0.25) is 0 Å². The van der Waals surface area contributed by atoms with Crippen LogP contribution in [0, 0.1) is 5.92 Å². The Bertz CT molecular complexity index is 354. The standard InChI is InChI=1S/C23H44O4/c1-4-26-22(24)20-18-16-14-12-10-8-6-7-9-11-13-15-17-19-21(3)23(25)27-5-2/h21H,4-20H2,1-3H3. The van der Waals surface area contributed by atoms with Crippen LogP contribution < -0.4 is 0 Å². The fourth-order valence-corrected chi connectivity index (χ4v) is 3.30. The van der Waals surface area contributed by atoms with Crippen molar-refractivity contribution >= 4 is 11.9 Å². The Morgan fingerprint density at radius 2 is 1.04 bits per heavy atom. The topological polar surface area (TPSA) is 52.6 Å². The maximum atomic E-state index is 11.5. The van der Waals surface area contributed by atoms with Gasteiger partial charge in [-0.3, -0.25) is 9.59 Å². The SMILES string of the molecule is CCOC(=O)CCCCCCCCCCCCCCCC(C)C(=O)OCC. The molecular weight excluding hydrogens is 340 g/mol. The smallest absolute Gasteiger partial charge is 0.308 e. The summed E-state index contributed by atoms with van der Waals surface area (Å²) in [6.07, 6.45) is 17.9. The zero-order valence-corrected chi connectivity index (χ0v) is 18.2. The molecule has 0 aliphatic heterocycles. The molecule has 0 saturated heterocycles. The average Bonchev–Trinajstić information content (AvgIpc) is 2.65. The maximum absolute atomic E-state index is 11.5. The lowest BCUT2D eigenvalue weighted by molar-refractivity contribution is -0.147. The molecule has 0 fully saturated rings. The predicted molar refractivity (Wildman–Crippen MR) is 112 cm³/mol. The second kappa shape index (κ2) is 19.7. The molecule has 0 aromatic heterocycles. The van der Waals surface area contributed by atoms with E-state index in [1.165, 1.54) is 64.2 Å². The highest BCUT2D eigenvalue weighted by atomic mass is 16.5. The molecule has 1 unspecified atom stereocenters. The first kappa shape index (κ1) is 25.9. The van der Waals surface area contributed by atoms with Crippen LogP contribution in [0.1, 0.15) is 117 Å². The molecule has 0 amide bonds. The average molecular weight is 385 g/mol. The van der Waals surface area contributed by atoms with E-state index in [9.17, 15) is 9.59 Å². The highest BCUT2D eigenvalue weighted by molar-refractivity contribution is 5.71. The molecule has 0 saturated carbocycles. The first-order valence-corrected chi connectivity index (χ1v) is 11.4. The number of rotatable bonds is 19. The van der Waals surface area contributed by atoms with Crippen LogP contribution in [0.3, 0.4) is 0 Å². The van der Waals surface area contributed by atoms with Crippen molar-refractivity contribution in [2.24, 2.45) is 5.92 Å². The van der Waals surface area contributed by atoms with Crippen LogP contribution in [-0.2, 0) is 19.1 Å². The lowest BCUT2D eigenvalue weighted by Gasteiger charge is -2.09. The second-order valence-electron chi connectivity index (χ2n) is 7.59. The summed E-state index contributed by atoms with van der Waals surface area (Å²) in [6, 6.07) is 0. The molecular formula is C23H44O4. The summed E-state index contributed by atoms with van der Waals surface area (Å²) >= 11 is 0. The van der Waals surface area contributed by atoms with Gasteiger partial charge in [-0.1, -0.05) is 84.0 Å². The van der Waals surface area contributed by atoms with Crippen molar-refractivity contribution in [2.75, 3.05) is 13.2 Å². The van der Waals surface area contributed by atoms with E-state index in [4.69, 9.17) is 9.47 Å². The van der Waals surface area contributed by atoms with Crippen molar-refractivity contribution < 1.29 is 19.1 Å². The number of esters is 2. The summed E-state index contributed by atoms with van der Waals surface area (Å²) in [6.45, 7) is 6.66. The lowest BCUT2D eigenvalue weighted by Crippen LogP contribution is -2.14. The Morgan fingerprint density at radius 1 is 0.630 bits per heavy atom. The van der Waals surface area contributed by atoms with Gasteiger partial charge in [-0.25, -0.2) is 0 Å². The Hall–Kier alpha value is -1.06. The lowest BCUT2D eigenvalue weighted by atomic mass is 10.0. The summed E-state index contributed by atoms with van der Waals surface area (Å²) in [4.78, 5) is 22.7. The third-order valence-corrected chi connectivity index (χ3v) is 5.01. The molecule has 0 aromatic rings. The van der Waals surface area contributed by atoms with Gasteiger partial charge in [-0.15, -0.1) is 0 Å². The van der Waals surface area contributed by atoms with Gasteiger partial charge in [-0.2, -0.15) is 0 Å². The van der Waals surface area contributed by atoms with Crippen molar-refractivity contribution in [2.45, 2.75) is 117 Å². The number of hydrogen-bond donors (Lipinski definition) is 0. The molecule has 1 atom stereocenters. The van der Waals surface area contributed by atoms with E-state index in [1.54, 1.807) is 0 Å². The number of ether oxygens (including phenoxy) is 2. The van der Waals surface area contributed by atoms with Crippen LogP contribution in [0.5, 0.6) is 0 Å². The van der Waals surface area contributed by atoms with E-state index >= 15 is 0 Å². The summed E-state index contributed by atoms with van der Waals surface area (Å²) in [7, 11) is 0. The van der Waals surface area contributed by atoms with Crippen LogP contribution in [0.15, 0.2) is 0 Å². The molecule has 0 aliphatic carbocycles. The van der Waals surface area contributed by atoms with E-state index in [2.05, 4.69) is 0 Å². The highest BCUT2D eigenvalue weighted by Crippen LogP contribution is 2.15. The third-order valence-electron chi connectivity index (χ3n) is 5.01. The molecule has 0 heterocycles. The fourth-order valence-electron chi connectivity index (χ4n) is 3.30. The predicted octanol–water partition coefficient (Wildman–Crippen LogP) is 6.60. The molecule has 4 heteroatoms. The van der Waals surface area contributed by atoms with Crippen molar-refractivity contribution in [3.05, 3.63) is 0 Å². The Labute approximate surface area is 167 Å².